The van der Waals surface area contributed by atoms with Crippen molar-refractivity contribution < 1.29 is 10.0 Å². The Labute approximate surface area is 109 Å². The van der Waals surface area contributed by atoms with Crippen molar-refractivity contribution in [3.8, 4) is 0 Å². The fraction of sp³-hybridized carbons (Fsp3) is 0.846. The summed E-state index contributed by atoms with van der Waals surface area (Å²) < 4.78 is 0. The Hall–Kier alpha value is -1.26. The van der Waals surface area contributed by atoms with Crippen LogP contribution < -0.4 is 11.1 Å². The maximum atomic E-state index is 12.0. The highest BCUT2D eigenvalue weighted by atomic mass is 16.4. The van der Waals surface area contributed by atoms with Crippen molar-refractivity contribution >= 4 is 11.7 Å². The van der Waals surface area contributed by atoms with Gasteiger partial charge in [0, 0.05) is 6.04 Å². The number of hydrogen-bond acceptors (Lipinski definition) is 3. The lowest BCUT2D eigenvalue weighted by atomic mass is 9.79. The first-order chi connectivity index (χ1) is 8.49. The third-order valence-corrected chi connectivity index (χ3v) is 4.14. The Bertz CT molecular complexity index is 317. The fourth-order valence-corrected chi connectivity index (χ4v) is 2.58. The van der Waals surface area contributed by atoms with Crippen LogP contribution in [0.5, 0.6) is 0 Å². The van der Waals surface area contributed by atoms with Crippen LogP contribution in [0.4, 0.5) is 0 Å². The van der Waals surface area contributed by atoms with Gasteiger partial charge in [-0.15, -0.1) is 0 Å². The first-order valence-corrected chi connectivity index (χ1v) is 6.77. The predicted octanol–water partition coefficient (Wildman–Crippen LogP) is 1.70. The highest BCUT2D eigenvalue weighted by Crippen LogP contribution is 2.29. The predicted molar refractivity (Wildman–Crippen MR) is 71.3 cm³/mol. The van der Waals surface area contributed by atoms with Crippen LogP contribution in [0.2, 0.25) is 0 Å². The molecule has 0 heterocycles. The molecule has 4 unspecified atom stereocenters. The van der Waals surface area contributed by atoms with Crippen LogP contribution in [0.25, 0.3) is 0 Å². The van der Waals surface area contributed by atoms with Crippen LogP contribution in [-0.4, -0.2) is 23.0 Å². The minimum absolute atomic E-state index is 0.00720. The van der Waals surface area contributed by atoms with E-state index in [9.17, 15) is 4.79 Å². The molecule has 18 heavy (non-hydrogen) atoms. The zero-order valence-corrected chi connectivity index (χ0v) is 11.5. The standard InChI is InChI=1S/C13H25N3O2/c1-4-11(12(14)16-18)13(17)15-10-6-5-8(2)9(3)7-10/h8-11,18H,4-7H2,1-3H3,(H2,14,16)(H,15,17). The topological polar surface area (TPSA) is 87.7 Å². The van der Waals surface area contributed by atoms with E-state index in [1.54, 1.807) is 0 Å². The summed E-state index contributed by atoms with van der Waals surface area (Å²) in [5.41, 5.74) is 5.52. The molecule has 0 aromatic heterocycles. The van der Waals surface area contributed by atoms with E-state index in [4.69, 9.17) is 10.9 Å². The van der Waals surface area contributed by atoms with E-state index in [-0.39, 0.29) is 17.8 Å². The maximum absolute atomic E-state index is 12.0. The van der Waals surface area contributed by atoms with E-state index in [0.717, 1.165) is 25.2 Å². The highest BCUT2D eigenvalue weighted by Gasteiger charge is 2.28. The summed E-state index contributed by atoms with van der Waals surface area (Å²) in [7, 11) is 0. The van der Waals surface area contributed by atoms with Crippen molar-refractivity contribution in [2.75, 3.05) is 0 Å². The summed E-state index contributed by atoms with van der Waals surface area (Å²) in [4.78, 5) is 12.0. The van der Waals surface area contributed by atoms with Gasteiger partial charge in [0.15, 0.2) is 5.84 Å². The quantitative estimate of drug-likeness (QED) is 0.309. The molecule has 1 amide bonds. The van der Waals surface area contributed by atoms with E-state index in [2.05, 4.69) is 24.3 Å². The third kappa shape index (κ3) is 3.62. The van der Waals surface area contributed by atoms with Gasteiger partial charge in [-0.1, -0.05) is 25.9 Å². The van der Waals surface area contributed by atoms with E-state index in [0.29, 0.717) is 12.3 Å². The second-order valence-corrected chi connectivity index (χ2v) is 5.46. The van der Waals surface area contributed by atoms with Crippen molar-refractivity contribution in [2.45, 2.75) is 52.5 Å². The number of oxime groups is 1. The number of nitrogens with two attached hydrogens (primary N) is 1. The highest BCUT2D eigenvalue weighted by molar-refractivity contribution is 6.02. The third-order valence-electron chi connectivity index (χ3n) is 4.14. The number of nitrogens with zero attached hydrogens (tertiary/aromatic N) is 1. The lowest BCUT2D eigenvalue weighted by Gasteiger charge is -2.33. The number of rotatable bonds is 4. The molecule has 1 rings (SSSR count). The number of amidine groups is 1. The lowest BCUT2D eigenvalue weighted by Crippen LogP contribution is -2.45. The molecule has 0 saturated heterocycles. The molecule has 5 heteroatoms. The second kappa shape index (κ2) is 6.61. The Kier molecular flexibility index (Phi) is 5.44. The summed E-state index contributed by atoms with van der Waals surface area (Å²) >= 11 is 0. The minimum Gasteiger partial charge on any atom is -0.409 e. The molecular formula is C13H25N3O2. The summed E-state index contributed by atoms with van der Waals surface area (Å²) in [6.45, 7) is 6.34. The molecule has 0 aromatic carbocycles. The molecule has 0 radical (unpaired) electrons. The number of hydrogen-bond donors (Lipinski definition) is 3. The number of carbonyl (C=O) groups excluding carboxylic acids is 1. The van der Waals surface area contributed by atoms with Gasteiger partial charge in [-0.05, 0) is 37.5 Å². The van der Waals surface area contributed by atoms with Crippen LogP contribution in [-0.2, 0) is 4.79 Å². The van der Waals surface area contributed by atoms with Crippen LogP contribution in [0.3, 0.4) is 0 Å². The van der Waals surface area contributed by atoms with Crippen LogP contribution in [0, 0.1) is 17.8 Å². The monoisotopic (exact) mass is 255 g/mol. The summed E-state index contributed by atoms with van der Waals surface area (Å²) in [6.07, 6.45) is 3.72. The fourth-order valence-electron chi connectivity index (χ4n) is 2.58. The minimum atomic E-state index is -0.523. The molecule has 0 aromatic rings. The molecule has 0 spiro atoms. The van der Waals surface area contributed by atoms with Crippen molar-refractivity contribution in [3.05, 3.63) is 0 Å². The zero-order chi connectivity index (χ0) is 13.7. The summed E-state index contributed by atoms with van der Waals surface area (Å²) in [6, 6.07) is 0.226. The smallest absolute Gasteiger partial charge is 0.231 e. The van der Waals surface area contributed by atoms with E-state index in [1.165, 1.54) is 0 Å². The molecule has 104 valence electrons. The van der Waals surface area contributed by atoms with Crippen LogP contribution in [0.15, 0.2) is 5.16 Å². The number of nitrogens with one attached hydrogen (secondary N) is 1. The van der Waals surface area contributed by atoms with Crippen LogP contribution in [0.1, 0.15) is 46.5 Å². The van der Waals surface area contributed by atoms with E-state index < -0.39 is 5.92 Å². The number of carbonyl (C=O) groups is 1. The van der Waals surface area contributed by atoms with Gasteiger partial charge < -0.3 is 16.3 Å². The maximum Gasteiger partial charge on any atom is 0.231 e. The average molecular weight is 255 g/mol. The molecule has 0 bridgehead atoms. The van der Waals surface area contributed by atoms with Gasteiger partial charge in [0.1, 0.15) is 0 Å². The van der Waals surface area contributed by atoms with Crippen LogP contribution >= 0.6 is 0 Å². The van der Waals surface area contributed by atoms with Gasteiger partial charge in [-0.2, -0.15) is 0 Å². The summed E-state index contributed by atoms with van der Waals surface area (Å²) in [5.74, 6) is 0.702. The van der Waals surface area contributed by atoms with Gasteiger partial charge in [0.2, 0.25) is 5.91 Å². The first kappa shape index (κ1) is 14.8. The van der Waals surface area contributed by atoms with E-state index in [1.807, 2.05) is 6.92 Å². The summed E-state index contributed by atoms with van der Waals surface area (Å²) in [5, 5.41) is 14.6. The van der Waals surface area contributed by atoms with Gasteiger partial charge in [0.05, 0.1) is 5.92 Å². The zero-order valence-electron chi connectivity index (χ0n) is 11.5. The molecule has 1 saturated carbocycles. The Morgan fingerprint density at radius 1 is 1.44 bits per heavy atom. The molecule has 0 aliphatic heterocycles. The molecule has 1 fully saturated rings. The molecule has 1 aliphatic carbocycles. The lowest BCUT2D eigenvalue weighted by molar-refractivity contribution is -0.124. The Balaban J connectivity index is 2.54. The molecule has 4 atom stereocenters. The van der Waals surface area contributed by atoms with Crippen molar-refractivity contribution in [1.29, 1.82) is 0 Å². The Morgan fingerprint density at radius 3 is 2.61 bits per heavy atom. The Morgan fingerprint density at radius 2 is 2.11 bits per heavy atom. The molecular weight excluding hydrogens is 230 g/mol. The van der Waals surface area contributed by atoms with Gasteiger partial charge in [0.25, 0.3) is 0 Å². The largest absolute Gasteiger partial charge is 0.409 e. The number of amides is 1. The van der Waals surface area contributed by atoms with Crippen molar-refractivity contribution in [3.63, 3.8) is 0 Å². The normalized spacial score (nSPS) is 30.8. The van der Waals surface area contributed by atoms with Gasteiger partial charge in [-0.25, -0.2) is 0 Å². The molecule has 5 nitrogen and oxygen atoms in total. The first-order valence-electron chi connectivity index (χ1n) is 6.77. The van der Waals surface area contributed by atoms with Crippen molar-refractivity contribution in [2.24, 2.45) is 28.6 Å². The van der Waals surface area contributed by atoms with Crippen molar-refractivity contribution in [1.82, 2.24) is 5.32 Å². The van der Waals surface area contributed by atoms with E-state index >= 15 is 0 Å². The van der Waals surface area contributed by atoms with Gasteiger partial charge in [-0.3, -0.25) is 4.79 Å². The molecule has 4 N–H and O–H groups in total. The average Bonchev–Trinajstić information content (AvgIpc) is 2.34. The SMILES string of the molecule is CCC(C(=O)NC1CCC(C)C(C)C1)/C(N)=N/O. The second-order valence-electron chi connectivity index (χ2n) is 5.46. The van der Waals surface area contributed by atoms with Gasteiger partial charge >= 0.3 is 0 Å². The molecule has 1 aliphatic rings.